The first kappa shape index (κ1) is 22.9. The van der Waals surface area contributed by atoms with E-state index in [-0.39, 0.29) is 36.0 Å². The number of rotatable bonds is 8. The number of anilines is 1. The summed E-state index contributed by atoms with van der Waals surface area (Å²) in [4.78, 5) is 26.1. The molecule has 2 aromatic carbocycles. The van der Waals surface area contributed by atoms with Crippen molar-refractivity contribution in [2.75, 3.05) is 19.5 Å². The van der Waals surface area contributed by atoms with E-state index in [4.69, 9.17) is 4.74 Å². The number of ether oxygens (including phenoxy) is 2. The molecule has 0 heterocycles. The lowest BCUT2D eigenvalue weighted by Crippen LogP contribution is -2.34. The fraction of sp³-hybridized carbons (Fsp3) is 0.333. The van der Waals surface area contributed by atoms with Crippen molar-refractivity contribution in [3.05, 3.63) is 53.6 Å². The average molecular weight is 421 g/mol. The summed E-state index contributed by atoms with van der Waals surface area (Å²) >= 11 is 0. The molecule has 3 amide bonds. The van der Waals surface area contributed by atoms with Gasteiger partial charge in [-0.2, -0.15) is 8.78 Å². The zero-order valence-corrected chi connectivity index (χ0v) is 17.2. The topological polar surface area (TPSA) is 79.9 Å². The van der Waals surface area contributed by atoms with E-state index in [1.807, 2.05) is 13.8 Å². The Hall–Kier alpha value is -3.36. The zero-order valence-electron chi connectivity index (χ0n) is 17.2. The first-order valence-electron chi connectivity index (χ1n) is 9.24. The van der Waals surface area contributed by atoms with Gasteiger partial charge in [-0.1, -0.05) is 12.1 Å². The molecule has 2 rings (SSSR count). The number of carbonyl (C=O) groups excluding carboxylic acids is 2. The predicted octanol–water partition coefficient (Wildman–Crippen LogP) is 4.10. The van der Waals surface area contributed by atoms with E-state index in [0.29, 0.717) is 16.8 Å². The van der Waals surface area contributed by atoms with Crippen LogP contribution in [0.2, 0.25) is 0 Å². The summed E-state index contributed by atoms with van der Waals surface area (Å²) in [6.07, 6.45) is 0. The highest BCUT2D eigenvalue weighted by atomic mass is 19.3. The van der Waals surface area contributed by atoms with Crippen LogP contribution in [0.5, 0.6) is 11.5 Å². The molecule has 9 heteroatoms. The molecule has 7 nitrogen and oxygen atoms in total. The second-order valence-corrected chi connectivity index (χ2v) is 6.86. The monoisotopic (exact) mass is 421 g/mol. The number of methoxy groups -OCH3 is 1. The van der Waals surface area contributed by atoms with E-state index in [1.54, 1.807) is 37.4 Å². The summed E-state index contributed by atoms with van der Waals surface area (Å²) in [6, 6.07) is 10.7. The van der Waals surface area contributed by atoms with Crippen LogP contribution in [-0.4, -0.2) is 43.6 Å². The van der Waals surface area contributed by atoms with Crippen LogP contribution in [0.3, 0.4) is 0 Å². The molecule has 0 aliphatic heterocycles. The quantitative estimate of drug-likeness (QED) is 0.673. The maximum absolute atomic E-state index is 12.8. The van der Waals surface area contributed by atoms with Crippen LogP contribution >= 0.6 is 0 Å². The fourth-order valence-electron chi connectivity index (χ4n) is 2.73. The van der Waals surface area contributed by atoms with Gasteiger partial charge >= 0.3 is 12.6 Å². The van der Waals surface area contributed by atoms with Crippen molar-refractivity contribution in [3.8, 4) is 11.5 Å². The van der Waals surface area contributed by atoms with Crippen molar-refractivity contribution in [2.45, 2.75) is 33.0 Å². The van der Waals surface area contributed by atoms with Crippen LogP contribution in [-0.2, 0) is 6.54 Å². The van der Waals surface area contributed by atoms with E-state index in [0.717, 1.165) is 0 Å². The Bertz CT molecular complexity index is 890. The lowest BCUT2D eigenvalue weighted by atomic mass is 10.1. The van der Waals surface area contributed by atoms with Crippen LogP contribution in [0.1, 0.15) is 29.8 Å². The number of amides is 3. The van der Waals surface area contributed by atoms with E-state index >= 15 is 0 Å². The minimum absolute atomic E-state index is 0.0181. The zero-order chi connectivity index (χ0) is 22.3. The highest BCUT2D eigenvalue weighted by Gasteiger charge is 2.16. The van der Waals surface area contributed by atoms with E-state index in [2.05, 4.69) is 15.4 Å². The number of halogens is 2. The Morgan fingerprint density at radius 3 is 2.47 bits per heavy atom. The van der Waals surface area contributed by atoms with Crippen molar-refractivity contribution >= 4 is 17.6 Å². The van der Waals surface area contributed by atoms with Gasteiger partial charge in [-0.05, 0) is 49.7 Å². The van der Waals surface area contributed by atoms with Gasteiger partial charge < -0.3 is 25.0 Å². The molecule has 0 aliphatic carbocycles. The van der Waals surface area contributed by atoms with Crippen molar-refractivity contribution in [1.82, 2.24) is 10.2 Å². The third-order valence-electron chi connectivity index (χ3n) is 4.00. The Balaban J connectivity index is 2.09. The number of hydrogen-bond donors (Lipinski definition) is 2. The van der Waals surface area contributed by atoms with Crippen molar-refractivity contribution in [1.29, 1.82) is 0 Å². The summed E-state index contributed by atoms with van der Waals surface area (Å²) in [7, 11) is 2.96. The van der Waals surface area contributed by atoms with Crippen LogP contribution in [0.25, 0.3) is 0 Å². The van der Waals surface area contributed by atoms with Gasteiger partial charge in [0.15, 0.2) is 11.5 Å². The van der Waals surface area contributed by atoms with Gasteiger partial charge in [0.1, 0.15) is 0 Å². The van der Waals surface area contributed by atoms with Gasteiger partial charge in [0.25, 0.3) is 5.91 Å². The summed E-state index contributed by atoms with van der Waals surface area (Å²) in [6.45, 7) is 0.943. The molecule has 0 unspecified atom stereocenters. The smallest absolute Gasteiger partial charge is 0.387 e. The minimum Gasteiger partial charge on any atom is -0.493 e. The second-order valence-electron chi connectivity index (χ2n) is 6.86. The fourth-order valence-corrected chi connectivity index (χ4v) is 2.73. The predicted molar refractivity (Wildman–Crippen MR) is 109 cm³/mol. The van der Waals surface area contributed by atoms with Gasteiger partial charge in [0, 0.05) is 30.9 Å². The number of nitrogens with one attached hydrogen (secondary N) is 2. The average Bonchev–Trinajstić information content (AvgIpc) is 2.67. The lowest BCUT2D eigenvalue weighted by molar-refractivity contribution is -0.0512. The summed E-state index contributed by atoms with van der Waals surface area (Å²) < 4.78 is 34.4. The molecular formula is C21H25F2N3O4. The molecule has 0 radical (unpaired) electrons. The van der Waals surface area contributed by atoms with Gasteiger partial charge in [-0.15, -0.1) is 0 Å². The molecule has 162 valence electrons. The Labute approximate surface area is 174 Å². The normalized spacial score (nSPS) is 10.7. The Morgan fingerprint density at radius 2 is 1.83 bits per heavy atom. The molecule has 0 saturated carbocycles. The van der Waals surface area contributed by atoms with Crippen LogP contribution in [0, 0.1) is 0 Å². The Morgan fingerprint density at radius 1 is 1.10 bits per heavy atom. The molecule has 0 spiro atoms. The molecule has 0 aromatic heterocycles. The number of carbonyl (C=O) groups is 2. The minimum atomic E-state index is -2.96. The second kappa shape index (κ2) is 10.4. The first-order valence-corrected chi connectivity index (χ1v) is 9.24. The first-order chi connectivity index (χ1) is 14.2. The largest absolute Gasteiger partial charge is 0.493 e. The molecule has 2 aromatic rings. The molecular weight excluding hydrogens is 396 g/mol. The van der Waals surface area contributed by atoms with Crippen LogP contribution < -0.4 is 20.1 Å². The van der Waals surface area contributed by atoms with Crippen LogP contribution in [0.4, 0.5) is 19.3 Å². The number of urea groups is 1. The van der Waals surface area contributed by atoms with E-state index < -0.39 is 6.61 Å². The van der Waals surface area contributed by atoms with Gasteiger partial charge in [0.05, 0.1) is 7.11 Å². The maximum Gasteiger partial charge on any atom is 0.387 e. The highest BCUT2D eigenvalue weighted by molar-refractivity contribution is 5.96. The van der Waals surface area contributed by atoms with Crippen molar-refractivity contribution in [3.63, 3.8) is 0 Å². The molecule has 0 atom stereocenters. The lowest BCUT2D eigenvalue weighted by Gasteiger charge is -2.19. The standard InChI is InChI=1S/C21H25F2N3O4/c1-13(2)24-21(28)25-16-7-5-6-15(11-16)19(27)26(3)12-14-8-9-17(30-20(22)23)18(10-14)29-4/h5-11,13,20H,12H2,1-4H3,(H2,24,25,28). The summed E-state index contributed by atoms with van der Waals surface area (Å²) in [5.41, 5.74) is 1.56. The molecule has 0 fully saturated rings. The SMILES string of the molecule is COc1cc(CN(C)C(=O)c2cccc(NC(=O)NC(C)C)c2)ccc1OC(F)F. The summed E-state index contributed by atoms with van der Waals surface area (Å²) in [5.74, 6) is -0.200. The number of benzene rings is 2. The van der Waals surface area contributed by atoms with Gasteiger partial charge in [-0.3, -0.25) is 4.79 Å². The number of alkyl halides is 2. The number of nitrogens with zero attached hydrogens (tertiary/aromatic N) is 1. The van der Waals surface area contributed by atoms with Crippen LogP contribution in [0.15, 0.2) is 42.5 Å². The molecule has 0 saturated heterocycles. The third kappa shape index (κ3) is 6.61. The summed E-state index contributed by atoms with van der Waals surface area (Å²) in [5, 5.41) is 5.39. The maximum atomic E-state index is 12.8. The highest BCUT2D eigenvalue weighted by Crippen LogP contribution is 2.30. The van der Waals surface area contributed by atoms with Gasteiger partial charge in [0.2, 0.25) is 0 Å². The molecule has 0 bridgehead atoms. The van der Waals surface area contributed by atoms with E-state index in [9.17, 15) is 18.4 Å². The molecule has 2 N–H and O–H groups in total. The molecule has 0 aliphatic rings. The molecule has 30 heavy (non-hydrogen) atoms. The number of hydrogen-bond acceptors (Lipinski definition) is 4. The Kier molecular flexibility index (Phi) is 7.97. The van der Waals surface area contributed by atoms with Crippen molar-refractivity contribution < 1.29 is 27.8 Å². The van der Waals surface area contributed by atoms with Crippen molar-refractivity contribution in [2.24, 2.45) is 0 Å². The third-order valence-corrected chi connectivity index (χ3v) is 4.00. The van der Waals surface area contributed by atoms with E-state index in [1.165, 1.54) is 24.1 Å². The van der Waals surface area contributed by atoms with Gasteiger partial charge in [-0.25, -0.2) is 4.79 Å².